The number of carboxylic acids is 1. The number of aromatic nitrogens is 2. The maximum atomic E-state index is 14.6. The molecule has 0 unspecified atom stereocenters. The molecule has 0 saturated carbocycles. The Labute approximate surface area is 203 Å². The van der Waals surface area contributed by atoms with E-state index in [2.05, 4.69) is 26.8 Å². The lowest BCUT2D eigenvalue weighted by Crippen LogP contribution is -2.08. The molecule has 8 heteroatoms. The molecule has 5 nitrogen and oxygen atoms in total. The lowest BCUT2D eigenvalue weighted by atomic mass is 9.95. The van der Waals surface area contributed by atoms with Crippen LogP contribution < -0.4 is 0 Å². The molecule has 0 fully saturated rings. The van der Waals surface area contributed by atoms with Gasteiger partial charge >= 0.3 is 5.97 Å². The SMILES string of the molecule is O=C(O)c1ccc(C#Cc2ncc3c(n2)-c2ccc(Cl)cc2C(c2cc(F)ccc2F)=NC3)cc1. The van der Waals surface area contributed by atoms with Crippen molar-refractivity contribution < 1.29 is 18.7 Å². The lowest BCUT2D eigenvalue weighted by molar-refractivity contribution is 0.0697. The zero-order valence-corrected chi connectivity index (χ0v) is 18.6. The molecule has 170 valence electrons. The van der Waals surface area contributed by atoms with E-state index in [9.17, 15) is 13.6 Å². The van der Waals surface area contributed by atoms with Crippen molar-refractivity contribution in [3.05, 3.63) is 117 Å². The van der Waals surface area contributed by atoms with Crippen LogP contribution in [0.5, 0.6) is 0 Å². The van der Waals surface area contributed by atoms with E-state index in [0.717, 1.165) is 18.2 Å². The van der Waals surface area contributed by atoms with E-state index >= 15 is 0 Å². The Balaban J connectivity index is 1.58. The fraction of sp³-hybridized carbons (Fsp3) is 0.0370. The van der Waals surface area contributed by atoms with Gasteiger partial charge in [0, 0.05) is 39.0 Å². The monoisotopic (exact) mass is 485 g/mol. The maximum absolute atomic E-state index is 14.6. The first kappa shape index (κ1) is 22.4. The summed E-state index contributed by atoms with van der Waals surface area (Å²) in [6.45, 7) is 0.150. The van der Waals surface area contributed by atoms with Gasteiger partial charge in [-0.05, 0) is 60.5 Å². The number of nitrogens with zero attached hydrogens (tertiary/aromatic N) is 3. The molecule has 0 amide bonds. The van der Waals surface area contributed by atoms with E-state index in [1.807, 2.05) is 0 Å². The Morgan fingerprint density at radius 2 is 1.74 bits per heavy atom. The Bertz CT molecular complexity index is 1590. The van der Waals surface area contributed by atoms with E-state index in [1.54, 1.807) is 36.5 Å². The predicted octanol–water partition coefficient (Wildman–Crippen LogP) is 5.52. The molecular weight excluding hydrogens is 472 g/mol. The van der Waals surface area contributed by atoms with E-state index in [0.29, 0.717) is 33.0 Å². The summed E-state index contributed by atoms with van der Waals surface area (Å²) in [7, 11) is 0. The number of benzene rings is 3. The predicted molar refractivity (Wildman–Crippen MR) is 128 cm³/mol. The van der Waals surface area contributed by atoms with E-state index in [-0.39, 0.29) is 29.2 Å². The summed E-state index contributed by atoms with van der Waals surface area (Å²) >= 11 is 6.25. The van der Waals surface area contributed by atoms with Gasteiger partial charge in [0.1, 0.15) is 11.6 Å². The third-order valence-corrected chi connectivity index (χ3v) is 5.63. The Kier molecular flexibility index (Phi) is 5.81. The van der Waals surface area contributed by atoms with Crippen molar-refractivity contribution in [3.8, 4) is 23.1 Å². The topological polar surface area (TPSA) is 75.4 Å². The summed E-state index contributed by atoms with van der Waals surface area (Å²) in [6.07, 6.45) is 1.60. The average molecular weight is 486 g/mol. The van der Waals surface area contributed by atoms with Crippen molar-refractivity contribution in [2.45, 2.75) is 6.54 Å². The third kappa shape index (κ3) is 4.52. The van der Waals surface area contributed by atoms with Gasteiger partial charge in [0.05, 0.1) is 23.5 Å². The maximum Gasteiger partial charge on any atom is 0.335 e. The van der Waals surface area contributed by atoms with Crippen LogP contribution in [0.2, 0.25) is 5.02 Å². The number of carboxylic acid groups (broad SMARTS) is 1. The molecule has 1 aromatic heterocycles. The fourth-order valence-electron chi connectivity index (χ4n) is 3.72. The van der Waals surface area contributed by atoms with Crippen LogP contribution in [0.25, 0.3) is 11.3 Å². The van der Waals surface area contributed by atoms with Crippen LogP contribution in [0.15, 0.2) is 71.9 Å². The van der Waals surface area contributed by atoms with Gasteiger partial charge in [-0.2, -0.15) is 0 Å². The average Bonchev–Trinajstić information content (AvgIpc) is 3.00. The second kappa shape index (κ2) is 9.09. The summed E-state index contributed by atoms with van der Waals surface area (Å²) in [5, 5.41) is 9.44. The highest BCUT2D eigenvalue weighted by Gasteiger charge is 2.23. The zero-order chi connectivity index (χ0) is 24.5. The molecule has 1 aliphatic heterocycles. The molecule has 0 spiro atoms. The molecule has 0 atom stereocenters. The minimum Gasteiger partial charge on any atom is -0.478 e. The third-order valence-electron chi connectivity index (χ3n) is 5.40. The molecular formula is C27H14ClF2N3O2. The standard InChI is InChI=1S/C27H14ClF2N3O2/c28-18-6-8-20-21(11-18)26(22-12-19(29)7-9-23(22)30)32-14-17-13-31-24(33-25(17)20)10-3-15-1-4-16(5-2-15)27(34)35/h1-2,4-9,11-13H,14H2,(H,34,35). The molecule has 0 bridgehead atoms. The van der Waals surface area contributed by atoms with Crippen LogP contribution in [-0.4, -0.2) is 26.8 Å². The Morgan fingerprint density at radius 3 is 2.51 bits per heavy atom. The normalized spacial score (nSPS) is 11.9. The number of carbonyl (C=O) groups is 1. The largest absolute Gasteiger partial charge is 0.478 e. The van der Waals surface area contributed by atoms with Gasteiger partial charge in [0.25, 0.3) is 0 Å². The highest BCUT2D eigenvalue weighted by molar-refractivity contribution is 6.31. The number of hydrogen-bond donors (Lipinski definition) is 1. The minimum atomic E-state index is -1.02. The fourth-order valence-corrected chi connectivity index (χ4v) is 3.89. The molecule has 0 saturated heterocycles. The molecule has 0 aliphatic carbocycles. The van der Waals surface area contributed by atoms with Gasteiger partial charge in [-0.25, -0.2) is 23.5 Å². The van der Waals surface area contributed by atoms with Crippen molar-refractivity contribution >= 4 is 23.3 Å². The van der Waals surface area contributed by atoms with Crippen LogP contribution in [0.3, 0.4) is 0 Å². The van der Waals surface area contributed by atoms with E-state index < -0.39 is 17.6 Å². The van der Waals surface area contributed by atoms with Crippen LogP contribution in [0.1, 0.15) is 38.4 Å². The van der Waals surface area contributed by atoms with Crippen molar-refractivity contribution in [2.24, 2.45) is 4.99 Å². The second-order valence-corrected chi connectivity index (χ2v) is 8.12. The molecule has 5 rings (SSSR count). The molecule has 0 radical (unpaired) electrons. The Hall–Kier alpha value is -4.41. The smallest absolute Gasteiger partial charge is 0.335 e. The second-order valence-electron chi connectivity index (χ2n) is 7.68. The summed E-state index contributed by atoms with van der Waals surface area (Å²) in [4.78, 5) is 24.5. The van der Waals surface area contributed by atoms with Gasteiger partial charge in [0.15, 0.2) is 0 Å². The first-order chi connectivity index (χ1) is 16.9. The quantitative estimate of drug-likeness (QED) is 0.379. The molecule has 2 heterocycles. The van der Waals surface area contributed by atoms with Crippen molar-refractivity contribution in [1.82, 2.24) is 9.97 Å². The van der Waals surface area contributed by atoms with E-state index in [1.165, 1.54) is 12.1 Å². The summed E-state index contributed by atoms with van der Waals surface area (Å²) < 4.78 is 28.6. The van der Waals surface area contributed by atoms with Crippen LogP contribution in [0, 0.1) is 23.5 Å². The van der Waals surface area contributed by atoms with Crippen LogP contribution in [-0.2, 0) is 6.54 Å². The first-order valence-corrected chi connectivity index (χ1v) is 10.8. The van der Waals surface area contributed by atoms with Gasteiger partial charge in [-0.3, -0.25) is 4.99 Å². The number of hydrogen-bond acceptors (Lipinski definition) is 4. The Morgan fingerprint density at radius 1 is 0.943 bits per heavy atom. The summed E-state index contributed by atoms with van der Waals surface area (Å²) in [6, 6.07) is 14.4. The van der Waals surface area contributed by atoms with Crippen molar-refractivity contribution in [1.29, 1.82) is 0 Å². The van der Waals surface area contributed by atoms with E-state index in [4.69, 9.17) is 16.7 Å². The minimum absolute atomic E-state index is 0.0269. The number of aromatic carboxylic acids is 1. The van der Waals surface area contributed by atoms with Crippen molar-refractivity contribution in [2.75, 3.05) is 0 Å². The van der Waals surface area contributed by atoms with Gasteiger partial charge in [0.2, 0.25) is 5.82 Å². The number of aliphatic imine (C=N–C) groups is 1. The number of fused-ring (bicyclic) bond motifs is 3. The highest BCUT2D eigenvalue weighted by atomic mass is 35.5. The van der Waals surface area contributed by atoms with Gasteiger partial charge in [-0.1, -0.05) is 23.6 Å². The molecule has 1 aliphatic rings. The lowest BCUT2D eigenvalue weighted by Gasteiger charge is -2.12. The first-order valence-electron chi connectivity index (χ1n) is 10.4. The molecule has 3 aromatic carbocycles. The number of halogens is 3. The zero-order valence-electron chi connectivity index (χ0n) is 17.9. The van der Waals surface area contributed by atoms with Gasteiger partial charge in [-0.15, -0.1) is 0 Å². The van der Waals surface area contributed by atoms with Crippen LogP contribution >= 0.6 is 11.6 Å². The molecule has 35 heavy (non-hydrogen) atoms. The molecule has 4 aromatic rings. The summed E-state index contributed by atoms with van der Waals surface area (Å²) in [5.74, 6) is 3.85. The highest BCUT2D eigenvalue weighted by Crippen LogP contribution is 2.33. The summed E-state index contributed by atoms with van der Waals surface area (Å²) in [5.41, 5.74) is 3.47. The number of rotatable bonds is 2. The van der Waals surface area contributed by atoms with Crippen LogP contribution in [0.4, 0.5) is 8.78 Å². The van der Waals surface area contributed by atoms with Gasteiger partial charge < -0.3 is 5.11 Å². The molecule has 1 N–H and O–H groups in total. The van der Waals surface area contributed by atoms with Crippen molar-refractivity contribution in [3.63, 3.8) is 0 Å².